The number of carbonyl (C=O) groups is 1. The number of aromatic amines is 1. The van der Waals surface area contributed by atoms with Gasteiger partial charge in [0.1, 0.15) is 11.6 Å². The molecule has 0 aliphatic rings. The molecule has 0 saturated heterocycles. The van der Waals surface area contributed by atoms with Gasteiger partial charge in [-0.05, 0) is 25.5 Å². The van der Waals surface area contributed by atoms with Crippen molar-refractivity contribution in [2.75, 3.05) is 19.5 Å². The minimum atomic E-state index is -0.211. The van der Waals surface area contributed by atoms with Crippen LogP contribution >= 0.6 is 0 Å². The van der Waals surface area contributed by atoms with E-state index in [1.165, 1.54) is 0 Å². The highest BCUT2D eigenvalue weighted by Crippen LogP contribution is 2.27. The Labute approximate surface area is 124 Å². The summed E-state index contributed by atoms with van der Waals surface area (Å²) in [7, 11) is 3.30. The maximum atomic E-state index is 12.3. The number of hydrogen-bond acceptors (Lipinski definition) is 3. The molecule has 1 heterocycles. The molecular weight excluding hydrogens is 268 g/mol. The monoisotopic (exact) mass is 288 g/mol. The molecule has 2 N–H and O–H groups in total. The van der Waals surface area contributed by atoms with Crippen LogP contribution in [-0.2, 0) is 6.54 Å². The van der Waals surface area contributed by atoms with Crippen LogP contribution in [0.5, 0.6) is 5.75 Å². The minimum Gasteiger partial charge on any atom is -0.495 e. The molecule has 2 aromatic rings. The van der Waals surface area contributed by atoms with Crippen LogP contribution in [0.2, 0.25) is 0 Å². The lowest BCUT2D eigenvalue weighted by atomic mass is 10.2. The van der Waals surface area contributed by atoms with Gasteiger partial charge in [-0.3, -0.25) is 0 Å². The number of benzene rings is 1. The van der Waals surface area contributed by atoms with Gasteiger partial charge in [0, 0.05) is 18.9 Å². The number of carbonyl (C=O) groups excluding carboxylic acids is 1. The summed E-state index contributed by atoms with van der Waals surface area (Å²) in [6.07, 6.45) is 1.74. The Morgan fingerprint density at radius 3 is 2.81 bits per heavy atom. The van der Waals surface area contributed by atoms with Crippen molar-refractivity contribution in [1.82, 2.24) is 14.9 Å². The van der Waals surface area contributed by atoms with E-state index in [0.29, 0.717) is 18.0 Å². The quantitative estimate of drug-likeness (QED) is 0.908. The molecule has 21 heavy (non-hydrogen) atoms. The number of nitrogens with zero attached hydrogens (tertiary/aromatic N) is 2. The standard InChI is InChI=1S/C15H20N4O2/c1-10-6-5-7-12(21-4)14(10)18-15(20)19(3)9-13-16-8-11(2)17-13/h5-8H,9H2,1-4H3,(H,16,17)(H,18,20). The highest BCUT2D eigenvalue weighted by Gasteiger charge is 2.14. The molecule has 0 saturated carbocycles. The van der Waals surface area contributed by atoms with Gasteiger partial charge in [-0.1, -0.05) is 12.1 Å². The van der Waals surface area contributed by atoms with E-state index in [1.54, 1.807) is 25.3 Å². The third kappa shape index (κ3) is 3.53. The second-order valence-corrected chi connectivity index (χ2v) is 4.95. The fraction of sp³-hybridized carbons (Fsp3) is 0.333. The van der Waals surface area contributed by atoms with E-state index < -0.39 is 0 Å². The van der Waals surface area contributed by atoms with Crippen LogP contribution in [0.15, 0.2) is 24.4 Å². The Morgan fingerprint density at radius 1 is 1.43 bits per heavy atom. The first kappa shape index (κ1) is 14.9. The van der Waals surface area contributed by atoms with Crippen molar-refractivity contribution in [3.05, 3.63) is 41.5 Å². The number of imidazole rings is 1. The largest absolute Gasteiger partial charge is 0.495 e. The zero-order chi connectivity index (χ0) is 15.4. The van der Waals surface area contributed by atoms with E-state index in [0.717, 1.165) is 17.1 Å². The smallest absolute Gasteiger partial charge is 0.322 e. The van der Waals surface area contributed by atoms with Crippen LogP contribution in [0.4, 0.5) is 10.5 Å². The summed E-state index contributed by atoms with van der Waals surface area (Å²) in [6.45, 7) is 4.26. The van der Waals surface area contributed by atoms with Crippen LogP contribution in [0.1, 0.15) is 17.1 Å². The van der Waals surface area contributed by atoms with Crippen molar-refractivity contribution in [3.8, 4) is 5.75 Å². The third-order valence-corrected chi connectivity index (χ3v) is 3.18. The molecule has 6 nitrogen and oxygen atoms in total. The average molecular weight is 288 g/mol. The van der Waals surface area contributed by atoms with Crippen LogP contribution in [0.3, 0.4) is 0 Å². The van der Waals surface area contributed by atoms with Gasteiger partial charge in [-0.15, -0.1) is 0 Å². The molecule has 0 spiro atoms. The molecular formula is C15H20N4O2. The molecule has 0 aliphatic heterocycles. The molecule has 6 heteroatoms. The van der Waals surface area contributed by atoms with Gasteiger partial charge in [0.05, 0.1) is 19.3 Å². The lowest BCUT2D eigenvalue weighted by molar-refractivity contribution is 0.219. The van der Waals surface area contributed by atoms with Gasteiger partial charge >= 0.3 is 6.03 Å². The van der Waals surface area contributed by atoms with Crippen molar-refractivity contribution in [1.29, 1.82) is 0 Å². The Balaban J connectivity index is 2.07. The predicted octanol–water partition coefficient (Wildman–Crippen LogP) is 2.70. The summed E-state index contributed by atoms with van der Waals surface area (Å²) in [5.74, 6) is 1.40. The van der Waals surface area contributed by atoms with Crippen LogP contribution in [0, 0.1) is 13.8 Å². The number of H-pyrrole nitrogens is 1. The molecule has 2 rings (SSSR count). The highest BCUT2D eigenvalue weighted by molar-refractivity contribution is 5.91. The molecule has 0 aliphatic carbocycles. The molecule has 0 fully saturated rings. The zero-order valence-electron chi connectivity index (χ0n) is 12.7. The Hall–Kier alpha value is -2.50. The summed E-state index contributed by atoms with van der Waals surface area (Å²) in [5, 5.41) is 2.88. The van der Waals surface area contributed by atoms with Crippen LogP contribution in [-0.4, -0.2) is 35.1 Å². The van der Waals surface area contributed by atoms with E-state index in [-0.39, 0.29) is 6.03 Å². The van der Waals surface area contributed by atoms with Gasteiger partial charge in [0.25, 0.3) is 0 Å². The lowest BCUT2D eigenvalue weighted by Gasteiger charge is -2.19. The molecule has 0 atom stereocenters. The number of aryl methyl sites for hydroxylation is 2. The summed E-state index contributed by atoms with van der Waals surface area (Å²) in [6, 6.07) is 5.42. The zero-order valence-corrected chi connectivity index (χ0v) is 12.7. The number of urea groups is 1. The second kappa shape index (κ2) is 6.30. The van der Waals surface area contributed by atoms with Gasteiger partial charge in [-0.25, -0.2) is 9.78 Å². The number of methoxy groups -OCH3 is 1. The first-order valence-electron chi connectivity index (χ1n) is 6.67. The second-order valence-electron chi connectivity index (χ2n) is 4.95. The fourth-order valence-corrected chi connectivity index (χ4v) is 2.02. The molecule has 112 valence electrons. The molecule has 1 aromatic carbocycles. The van der Waals surface area contributed by atoms with E-state index in [4.69, 9.17) is 4.74 Å². The average Bonchev–Trinajstić information content (AvgIpc) is 2.86. The number of aromatic nitrogens is 2. The van der Waals surface area contributed by atoms with Gasteiger partial charge in [-0.2, -0.15) is 0 Å². The Kier molecular flexibility index (Phi) is 4.47. The van der Waals surface area contributed by atoms with Gasteiger partial charge in [0.2, 0.25) is 0 Å². The SMILES string of the molecule is COc1cccc(C)c1NC(=O)N(C)Cc1ncc(C)[nH]1. The van der Waals surface area contributed by atoms with Gasteiger partial charge in [0.15, 0.2) is 0 Å². The summed E-state index contributed by atoms with van der Waals surface area (Å²) >= 11 is 0. The number of anilines is 1. The lowest BCUT2D eigenvalue weighted by Crippen LogP contribution is -2.31. The first-order valence-corrected chi connectivity index (χ1v) is 6.67. The maximum absolute atomic E-state index is 12.3. The van der Waals surface area contributed by atoms with Gasteiger partial charge < -0.3 is 19.9 Å². The number of ether oxygens (including phenoxy) is 1. The predicted molar refractivity (Wildman–Crippen MR) is 81.5 cm³/mol. The van der Waals surface area contributed by atoms with E-state index in [1.807, 2.05) is 32.0 Å². The van der Waals surface area contributed by atoms with Crippen molar-refractivity contribution >= 4 is 11.7 Å². The number of hydrogen-bond donors (Lipinski definition) is 2. The molecule has 2 amide bonds. The van der Waals surface area contributed by atoms with E-state index >= 15 is 0 Å². The number of para-hydroxylation sites is 1. The molecule has 0 bridgehead atoms. The topological polar surface area (TPSA) is 70.2 Å². The summed E-state index contributed by atoms with van der Waals surface area (Å²) < 4.78 is 5.28. The Morgan fingerprint density at radius 2 is 2.19 bits per heavy atom. The molecule has 1 aromatic heterocycles. The summed E-state index contributed by atoms with van der Waals surface area (Å²) in [4.78, 5) is 21.1. The van der Waals surface area contributed by atoms with Crippen molar-refractivity contribution in [2.24, 2.45) is 0 Å². The molecule has 0 unspecified atom stereocenters. The van der Waals surface area contributed by atoms with E-state index in [2.05, 4.69) is 15.3 Å². The van der Waals surface area contributed by atoms with Crippen LogP contribution in [0.25, 0.3) is 0 Å². The summed E-state index contributed by atoms with van der Waals surface area (Å²) in [5.41, 5.74) is 2.61. The third-order valence-electron chi connectivity index (χ3n) is 3.18. The van der Waals surface area contributed by atoms with Crippen LogP contribution < -0.4 is 10.1 Å². The highest BCUT2D eigenvalue weighted by atomic mass is 16.5. The van der Waals surface area contributed by atoms with Crippen molar-refractivity contribution in [3.63, 3.8) is 0 Å². The fourth-order valence-electron chi connectivity index (χ4n) is 2.02. The van der Waals surface area contributed by atoms with Crippen molar-refractivity contribution < 1.29 is 9.53 Å². The minimum absolute atomic E-state index is 0.211. The maximum Gasteiger partial charge on any atom is 0.322 e. The van der Waals surface area contributed by atoms with E-state index in [9.17, 15) is 4.79 Å². The number of rotatable bonds is 4. The number of nitrogens with one attached hydrogen (secondary N) is 2. The number of amides is 2. The normalized spacial score (nSPS) is 10.3. The van der Waals surface area contributed by atoms with Crippen molar-refractivity contribution in [2.45, 2.75) is 20.4 Å². The molecule has 0 radical (unpaired) electrons. The first-order chi connectivity index (χ1) is 10.0. The Bertz CT molecular complexity index is 636.